The van der Waals surface area contributed by atoms with Crippen molar-refractivity contribution in [2.75, 3.05) is 6.61 Å². The van der Waals surface area contributed by atoms with Gasteiger partial charge in [0.1, 0.15) is 11.4 Å². The molecule has 2 N–H and O–H groups in total. The Kier molecular flexibility index (Phi) is 9.14. The van der Waals surface area contributed by atoms with E-state index in [4.69, 9.17) is 9.84 Å². The number of rotatable bonds is 10. The number of benzene rings is 2. The quantitative estimate of drug-likeness (QED) is 0.336. The fourth-order valence-corrected chi connectivity index (χ4v) is 4.22. The molecule has 0 amide bonds. The van der Waals surface area contributed by atoms with Crippen molar-refractivity contribution in [3.8, 4) is 17.6 Å². The molecule has 0 radical (unpaired) electrons. The van der Waals surface area contributed by atoms with E-state index < -0.39 is 11.6 Å². The summed E-state index contributed by atoms with van der Waals surface area (Å²) in [6.45, 7) is 12.5. The Hall–Kier alpha value is -2.77. The zero-order valence-electron chi connectivity index (χ0n) is 20.9. The molecule has 0 aromatic heterocycles. The summed E-state index contributed by atoms with van der Waals surface area (Å²) in [6, 6.07) is 12.9. The summed E-state index contributed by atoms with van der Waals surface area (Å²) in [6.07, 6.45) is 3.46. The molecular formula is C29H38O4. The average Bonchev–Trinajstić information content (AvgIpc) is 2.74. The third-order valence-corrected chi connectivity index (χ3v) is 6.26. The molecule has 0 aliphatic rings. The summed E-state index contributed by atoms with van der Waals surface area (Å²) in [5.74, 6) is 6.10. The average molecular weight is 451 g/mol. The maximum absolute atomic E-state index is 10.6. The molecular weight excluding hydrogens is 412 g/mol. The second-order valence-electron chi connectivity index (χ2n) is 9.31. The van der Waals surface area contributed by atoms with E-state index in [0.29, 0.717) is 13.0 Å². The van der Waals surface area contributed by atoms with Crippen LogP contribution in [0, 0.1) is 25.7 Å². The Morgan fingerprint density at radius 1 is 0.970 bits per heavy atom. The topological polar surface area (TPSA) is 66.8 Å². The monoisotopic (exact) mass is 450 g/mol. The molecule has 0 bridgehead atoms. The fraction of sp³-hybridized carbons (Fsp3) is 0.483. The van der Waals surface area contributed by atoms with E-state index in [2.05, 4.69) is 69.9 Å². The number of carboxylic acids is 1. The van der Waals surface area contributed by atoms with Crippen molar-refractivity contribution in [2.45, 2.75) is 84.7 Å². The first kappa shape index (κ1) is 26.5. The summed E-state index contributed by atoms with van der Waals surface area (Å²) in [5.41, 5.74) is 4.52. The van der Waals surface area contributed by atoms with Crippen molar-refractivity contribution in [2.24, 2.45) is 0 Å². The fourth-order valence-electron chi connectivity index (χ4n) is 4.22. The Balaban J connectivity index is 2.29. The minimum absolute atomic E-state index is 0.113. The Bertz CT molecular complexity index is 1010. The number of unbranched alkanes of at least 4 members (excludes halogenated alkanes) is 1. The SMILES string of the molecule is CCC(CC)(c1ccc(C#CC(C)(C)O)c(C)c1)c1ccc(OCCCCC(=O)O)c(C)c1. The molecule has 0 heterocycles. The summed E-state index contributed by atoms with van der Waals surface area (Å²) >= 11 is 0. The highest BCUT2D eigenvalue weighted by atomic mass is 16.5. The lowest BCUT2D eigenvalue weighted by atomic mass is 9.70. The van der Waals surface area contributed by atoms with Gasteiger partial charge in [0.2, 0.25) is 0 Å². The van der Waals surface area contributed by atoms with Crippen LogP contribution >= 0.6 is 0 Å². The van der Waals surface area contributed by atoms with Crippen LogP contribution in [0.15, 0.2) is 36.4 Å². The number of aryl methyl sites for hydroxylation is 2. The van der Waals surface area contributed by atoms with Gasteiger partial charge < -0.3 is 14.9 Å². The van der Waals surface area contributed by atoms with Crippen LogP contribution in [0.25, 0.3) is 0 Å². The number of hydrogen-bond donors (Lipinski definition) is 2. The van der Waals surface area contributed by atoms with Crippen LogP contribution in [0.4, 0.5) is 0 Å². The standard InChI is InChI=1S/C29H38O4/c1-7-29(8-2,24-13-12-23(21(3)19-24)16-17-28(5,6)32)25-14-15-26(22(4)20-25)33-18-10-9-11-27(30)31/h12-15,19-20,32H,7-11,18H2,1-6H3,(H,30,31). The highest BCUT2D eigenvalue weighted by Gasteiger charge is 2.31. The molecule has 4 nitrogen and oxygen atoms in total. The van der Waals surface area contributed by atoms with Gasteiger partial charge in [-0.3, -0.25) is 4.79 Å². The van der Waals surface area contributed by atoms with E-state index in [-0.39, 0.29) is 11.8 Å². The first-order valence-corrected chi connectivity index (χ1v) is 11.8. The largest absolute Gasteiger partial charge is 0.493 e. The molecule has 2 rings (SSSR count). The van der Waals surface area contributed by atoms with E-state index in [0.717, 1.165) is 41.7 Å². The summed E-state index contributed by atoms with van der Waals surface area (Å²) in [4.78, 5) is 10.6. The molecule has 0 saturated carbocycles. The maximum Gasteiger partial charge on any atom is 0.303 e. The van der Waals surface area contributed by atoms with Crippen LogP contribution in [0.1, 0.15) is 87.6 Å². The molecule has 0 spiro atoms. The molecule has 178 valence electrons. The molecule has 0 aliphatic carbocycles. The first-order valence-electron chi connectivity index (χ1n) is 11.8. The highest BCUT2D eigenvalue weighted by molar-refractivity contribution is 5.66. The third kappa shape index (κ3) is 7.11. The number of ether oxygens (including phenoxy) is 1. The number of carbonyl (C=O) groups is 1. The van der Waals surface area contributed by atoms with E-state index in [1.165, 1.54) is 11.1 Å². The Morgan fingerprint density at radius 3 is 2.09 bits per heavy atom. The predicted octanol–water partition coefficient (Wildman–Crippen LogP) is 6.17. The molecule has 0 atom stereocenters. The molecule has 0 saturated heterocycles. The minimum atomic E-state index is -1.01. The lowest BCUT2D eigenvalue weighted by molar-refractivity contribution is -0.137. The number of hydrogen-bond acceptors (Lipinski definition) is 3. The highest BCUT2D eigenvalue weighted by Crippen LogP contribution is 2.40. The molecule has 0 unspecified atom stereocenters. The zero-order chi connectivity index (χ0) is 24.6. The van der Waals surface area contributed by atoms with Crippen LogP contribution < -0.4 is 4.74 Å². The van der Waals surface area contributed by atoms with Crippen molar-refractivity contribution in [3.05, 3.63) is 64.2 Å². The van der Waals surface area contributed by atoms with Crippen molar-refractivity contribution < 1.29 is 19.7 Å². The van der Waals surface area contributed by atoms with Gasteiger partial charge in [-0.05, 0) is 87.8 Å². The van der Waals surface area contributed by atoms with E-state index >= 15 is 0 Å². The smallest absolute Gasteiger partial charge is 0.303 e. The predicted molar refractivity (Wildman–Crippen MR) is 134 cm³/mol. The van der Waals surface area contributed by atoms with Crippen molar-refractivity contribution >= 4 is 5.97 Å². The van der Waals surface area contributed by atoms with Gasteiger partial charge in [0.05, 0.1) is 6.61 Å². The minimum Gasteiger partial charge on any atom is -0.493 e. The van der Waals surface area contributed by atoms with Gasteiger partial charge in [0, 0.05) is 17.4 Å². The Labute approximate surface area is 199 Å². The van der Waals surface area contributed by atoms with Crippen LogP contribution in [0.2, 0.25) is 0 Å². The number of carboxylic acid groups (broad SMARTS) is 1. The van der Waals surface area contributed by atoms with Gasteiger partial charge in [-0.25, -0.2) is 0 Å². The Morgan fingerprint density at radius 2 is 1.58 bits per heavy atom. The third-order valence-electron chi connectivity index (χ3n) is 6.26. The summed E-state index contributed by atoms with van der Waals surface area (Å²) in [7, 11) is 0. The normalized spacial score (nSPS) is 11.6. The number of aliphatic carboxylic acids is 1. The van der Waals surface area contributed by atoms with Gasteiger partial charge in [0.25, 0.3) is 0 Å². The van der Waals surface area contributed by atoms with Crippen molar-refractivity contribution in [1.82, 2.24) is 0 Å². The van der Waals surface area contributed by atoms with Crippen LogP contribution in [-0.4, -0.2) is 28.4 Å². The van der Waals surface area contributed by atoms with Gasteiger partial charge in [-0.1, -0.05) is 50.0 Å². The first-order chi connectivity index (χ1) is 15.5. The lowest BCUT2D eigenvalue weighted by Gasteiger charge is -2.34. The zero-order valence-corrected chi connectivity index (χ0v) is 20.9. The van der Waals surface area contributed by atoms with E-state index in [1.54, 1.807) is 13.8 Å². The maximum atomic E-state index is 10.6. The van der Waals surface area contributed by atoms with Gasteiger partial charge in [0.15, 0.2) is 0 Å². The van der Waals surface area contributed by atoms with Crippen molar-refractivity contribution in [3.63, 3.8) is 0 Å². The molecule has 2 aromatic rings. The summed E-state index contributed by atoms with van der Waals surface area (Å²) < 4.78 is 5.92. The lowest BCUT2D eigenvalue weighted by Crippen LogP contribution is -2.26. The summed E-state index contributed by atoms with van der Waals surface area (Å²) in [5, 5.41) is 18.7. The van der Waals surface area contributed by atoms with E-state index in [9.17, 15) is 9.90 Å². The van der Waals surface area contributed by atoms with Crippen LogP contribution in [0.5, 0.6) is 5.75 Å². The molecule has 0 aliphatic heterocycles. The second kappa shape index (κ2) is 11.4. The van der Waals surface area contributed by atoms with Gasteiger partial charge in [-0.15, -0.1) is 0 Å². The molecule has 2 aromatic carbocycles. The van der Waals surface area contributed by atoms with Crippen LogP contribution in [0.3, 0.4) is 0 Å². The molecule has 4 heteroatoms. The molecule has 33 heavy (non-hydrogen) atoms. The van der Waals surface area contributed by atoms with Crippen molar-refractivity contribution in [1.29, 1.82) is 0 Å². The van der Waals surface area contributed by atoms with Gasteiger partial charge in [-0.2, -0.15) is 0 Å². The van der Waals surface area contributed by atoms with E-state index in [1.807, 2.05) is 6.07 Å². The second-order valence-corrected chi connectivity index (χ2v) is 9.31. The number of aliphatic hydroxyl groups is 1. The van der Waals surface area contributed by atoms with Crippen LogP contribution in [-0.2, 0) is 10.2 Å². The van der Waals surface area contributed by atoms with Gasteiger partial charge >= 0.3 is 5.97 Å². The molecule has 0 fully saturated rings.